The van der Waals surface area contributed by atoms with Gasteiger partial charge in [-0.25, -0.2) is 0 Å². The van der Waals surface area contributed by atoms with E-state index in [0.29, 0.717) is 12.5 Å². The molecule has 80 valence electrons. The fraction of sp³-hybridized carbons (Fsp3) is 0.800. The van der Waals surface area contributed by atoms with Gasteiger partial charge in [-0.2, -0.15) is 0 Å². The molecule has 1 aliphatic rings. The highest BCUT2D eigenvalue weighted by molar-refractivity contribution is 6.19. The number of alkyl halides is 1. The third kappa shape index (κ3) is 4.30. The quantitative estimate of drug-likeness (QED) is 0.510. The van der Waals surface area contributed by atoms with Crippen molar-refractivity contribution in [3.63, 3.8) is 0 Å². The number of halogens is 1. The van der Waals surface area contributed by atoms with Gasteiger partial charge in [0.05, 0.1) is 31.7 Å². The van der Waals surface area contributed by atoms with Gasteiger partial charge in [-0.1, -0.05) is 11.8 Å². The summed E-state index contributed by atoms with van der Waals surface area (Å²) >= 11 is 5.46. The predicted molar refractivity (Wildman–Crippen MR) is 56.6 cm³/mol. The van der Waals surface area contributed by atoms with Crippen LogP contribution in [0.1, 0.15) is 0 Å². The lowest BCUT2D eigenvalue weighted by molar-refractivity contribution is -0.0575. The van der Waals surface area contributed by atoms with Gasteiger partial charge in [0.1, 0.15) is 0 Å². The minimum Gasteiger partial charge on any atom is -0.382 e. The van der Waals surface area contributed by atoms with E-state index in [0.717, 1.165) is 26.2 Å². The van der Waals surface area contributed by atoms with Crippen LogP contribution in [-0.4, -0.2) is 56.8 Å². The molecule has 0 aromatic carbocycles. The summed E-state index contributed by atoms with van der Waals surface area (Å²) in [5.74, 6) is 6.27. The average Bonchev–Trinajstić information content (AvgIpc) is 2.19. The van der Waals surface area contributed by atoms with Crippen LogP contribution in [0.15, 0.2) is 0 Å². The topological polar surface area (TPSA) is 21.7 Å². The van der Waals surface area contributed by atoms with Crippen LogP contribution in [0.5, 0.6) is 0 Å². The maximum absolute atomic E-state index is 5.51. The molecule has 0 saturated carbocycles. The Kier molecular flexibility index (Phi) is 5.97. The number of nitrogens with zero attached hydrogens (tertiary/aromatic N) is 1. The zero-order chi connectivity index (χ0) is 10.2. The average molecular weight is 218 g/mol. The molecule has 0 amide bonds. The van der Waals surface area contributed by atoms with Crippen molar-refractivity contribution < 1.29 is 9.47 Å². The van der Waals surface area contributed by atoms with Crippen molar-refractivity contribution in [1.29, 1.82) is 0 Å². The summed E-state index contributed by atoms with van der Waals surface area (Å²) in [5.41, 5.74) is 0. The Hall–Kier alpha value is -0.270. The molecule has 0 bridgehead atoms. The molecule has 1 atom stereocenters. The normalized spacial score (nSPS) is 22.9. The van der Waals surface area contributed by atoms with Crippen molar-refractivity contribution in [2.75, 3.05) is 45.8 Å². The van der Waals surface area contributed by atoms with Crippen LogP contribution < -0.4 is 0 Å². The van der Waals surface area contributed by atoms with Gasteiger partial charge in [-0.3, -0.25) is 4.90 Å². The third-order valence-corrected chi connectivity index (χ3v) is 2.20. The van der Waals surface area contributed by atoms with E-state index in [-0.39, 0.29) is 6.10 Å². The molecule has 1 aliphatic heterocycles. The number of hydrogen-bond donors (Lipinski definition) is 0. The number of methoxy groups -OCH3 is 1. The molecular weight excluding hydrogens is 202 g/mol. The summed E-state index contributed by atoms with van der Waals surface area (Å²) in [6.07, 6.45) is 0.187. The molecule has 0 aromatic heterocycles. The monoisotopic (exact) mass is 217 g/mol. The first-order valence-corrected chi connectivity index (χ1v) is 5.25. The Morgan fingerprint density at radius 3 is 3.14 bits per heavy atom. The Morgan fingerprint density at radius 2 is 2.43 bits per heavy atom. The number of rotatable bonds is 3. The van der Waals surface area contributed by atoms with Gasteiger partial charge in [0.2, 0.25) is 0 Å². The molecule has 0 aromatic rings. The molecule has 4 heteroatoms. The lowest BCUT2D eigenvalue weighted by Gasteiger charge is -2.31. The van der Waals surface area contributed by atoms with Crippen molar-refractivity contribution in [2.24, 2.45) is 0 Å². The van der Waals surface area contributed by atoms with Crippen molar-refractivity contribution in [1.82, 2.24) is 4.90 Å². The number of morpholine rings is 1. The van der Waals surface area contributed by atoms with E-state index in [1.807, 2.05) is 0 Å². The molecular formula is C10H16ClNO2. The molecule has 0 spiro atoms. The zero-order valence-electron chi connectivity index (χ0n) is 8.46. The number of ether oxygens (including phenoxy) is 2. The summed E-state index contributed by atoms with van der Waals surface area (Å²) in [4.78, 5) is 2.26. The van der Waals surface area contributed by atoms with Crippen LogP contribution in [-0.2, 0) is 9.47 Å². The van der Waals surface area contributed by atoms with Gasteiger partial charge in [0.25, 0.3) is 0 Å². The lowest BCUT2D eigenvalue weighted by Crippen LogP contribution is -2.44. The third-order valence-electron chi connectivity index (χ3n) is 2.07. The van der Waals surface area contributed by atoms with E-state index >= 15 is 0 Å². The van der Waals surface area contributed by atoms with E-state index in [2.05, 4.69) is 16.7 Å². The van der Waals surface area contributed by atoms with E-state index in [1.54, 1.807) is 7.11 Å². The molecule has 1 heterocycles. The zero-order valence-corrected chi connectivity index (χ0v) is 9.22. The van der Waals surface area contributed by atoms with Gasteiger partial charge in [-0.15, -0.1) is 11.6 Å². The first-order valence-electron chi connectivity index (χ1n) is 4.71. The molecule has 0 unspecified atom stereocenters. The molecule has 1 rings (SSSR count). The molecule has 1 fully saturated rings. The fourth-order valence-electron chi connectivity index (χ4n) is 1.43. The van der Waals surface area contributed by atoms with Gasteiger partial charge in [0.15, 0.2) is 0 Å². The van der Waals surface area contributed by atoms with Crippen molar-refractivity contribution in [3.8, 4) is 11.8 Å². The summed E-state index contributed by atoms with van der Waals surface area (Å²) in [5, 5.41) is 0. The van der Waals surface area contributed by atoms with Crippen molar-refractivity contribution in [3.05, 3.63) is 0 Å². The SMILES string of the molecule is COC[C@@H]1CN(CC#CCCl)CCO1. The maximum atomic E-state index is 5.51. The second-order valence-corrected chi connectivity index (χ2v) is 3.44. The largest absolute Gasteiger partial charge is 0.382 e. The lowest BCUT2D eigenvalue weighted by atomic mass is 10.3. The molecule has 0 N–H and O–H groups in total. The van der Waals surface area contributed by atoms with Crippen LogP contribution in [0.2, 0.25) is 0 Å². The van der Waals surface area contributed by atoms with Gasteiger partial charge < -0.3 is 9.47 Å². The second-order valence-electron chi connectivity index (χ2n) is 3.17. The minimum atomic E-state index is 0.187. The highest BCUT2D eigenvalue weighted by Gasteiger charge is 2.18. The Bertz CT molecular complexity index is 210. The molecule has 1 saturated heterocycles. The van der Waals surface area contributed by atoms with Crippen LogP contribution >= 0.6 is 11.6 Å². The van der Waals surface area contributed by atoms with Crippen molar-refractivity contribution in [2.45, 2.75) is 6.10 Å². The summed E-state index contributed by atoms with van der Waals surface area (Å²) in [6.45, 7) is 4.02. The van der Waals surface area contributed by atoms with Crippen LogP contribution in [0.3, 0.4) is 0 Å². The first-order chi connectivity index (χ1) is 6.86. The predicted octanol–water partition coefficient (Wildman–Crippen LogP) is 0.576. The Balaban J connectivity index is 2.25. The fourth-order valence-corrected chi connectivity index (χ4v) is 1.52. The van der Waals surface area contributed by atoms with E-state index in [4.69, 9.17) is 21.1 Å². The van der Waals surface area contributed by atoms with Crippen LogP contribution in [0.25, 0.3) is 0 Å². The highest BCUT2D eigenvalue weighted by Crippen LogP contribution is 2.04. The summed E-state index contributed by atoms with van der Waals surface area (Å²) in [6, 6.07) is 0. The molecule has 3 nitrogen and oxygen atoms in total. The van der Waals surface area contributed by atoms with Gasteiger partial charge in [0, 0.05) is 20.2 Å². The van der Waals surface area contributed by atoms with E-state index in [9.17, 15) is 0 Å². The highest BCUT2D eigenvalue weighted by atomic mass is 35.5. The minimum absolute atomic E-state index is 0.187. The second kappa shape index (κ2) is 7.08. The molecule has 0 aliphatic carbocycles. The number of hydrogen-bond acceptors (Lipinski definition) is 3. The van der Waals surface area contributed by atoms with E-state index < -0.39 is 0 Å². The molecule has 14 heavy (non-hydrogen) atoms. The standard InChI is InChI=1S/C10H16ClNO2/c1-13-9-10-8-12(6-7-14-10)5-3-2-4-11/h10H,4-9H2,1H3/t10-/m0/s1. The summed E-state index contributed by atoms with van der Waals surface area (Å²) in [7, 11) is 1.69. The smallest absolute Gasteiger partial charge is 0.0935 e. The summed E-state index contributed by atoms with van der Waals surface area (Å²) < 4.78 is 10.6. The van der Waals surface area contributed by atoms with Gasteiger partial charge >= 0.3 is 0 Å². The van der Waals surface area contributed by atoms with Crippen molar-refractivity contribution >= 4 is 11.6 Å². The Labute approximate surface area is 90.3 Å². The van der Waals surface area contributed by atoms with Gasteiger partial charge in [-0.05, 0) is 0 Å². The maximum Gasteiger partial charge on any atom is 0.0935 e. The van der Waals surface area contributed by atoms with Crippen LogP contribution in [0, 0.1) is 11.8 Å². The molecule has 0 radical (unpaired) electrons. The Morgan fingerprint density at radius 1 is 1.57 bits per heavy atom. The van der Waals surface area contributed by atoms with Crippen LogP contribution in [0.4, 0.5) is 0 Å². The first kappa shape index (κ1) is 11.8. The van der Waals surface area contributed by atoms with E-state index in [1.165, 1.54) is 0 Å².